The standard InChI is InChI=1S/C13H17NO5/c1-2-9-7-8(5-6-18-9)14-12(15)10-3-4-11(19-10)13(16)17/h3-4,8-9H,2,5-7H2,1H3,(H,14,15)(H,16,17). The summed E-state index contributed by atoms with van der Waals surface area (Å²) in [6.45, 7) is 2.67. The van der Waals surface area contributed by atoms with Crippen molar-refractivity contribution in [3.63, 3.8) is 0 Å². The van der Waals surface area contributed by atoms with E-state index in [0.717, 1.165) is 19.3 Å². The van der Waals surface area contributed by atoms with Crippen LogP contribution < -0.4 is 5.32 Å². The second-order valence-electron chi connectivity index (χ2n) is 4.56. The molecule has 0 aliphatic carbocycles. The van der Waals surface area contributed by atoms with Crippen molar-refractivity contribution in [3.8, 4) is 0 Å². The minimum Gasteiger partial charge on any atom is -0.475 e. The number of rotatable bonds is 4. The molecule has 1 amide bonds. The third kappa shape index (κ3) is 3.35. The van der Waals surface area contributed by atoms with Crippen LogP contribution in [0.3, 0.4) is 0 Å². The first kappa shape index (κ1) is 13.6. The van der Waals surface area contributed by atoms with Crippen LogP contribution in [0.2, 0.25) is 0 Å². The Morgan fingerprint density at radius 1 is 1.42 bits per heavy atom. The zero-order valence-corrected chi connectivity index (χ0v) is 10.7. The molecule has 2 rings (SSSR count). The Kier molecular flexibility index (Phi) is 4.21. The van der Waals surface area contributed by atoms with Crippen molar-refractivity contribution in [2.45, 2.75) is 38.3 Å². The van der Waals surface area contributed by atoms with Gasteiger partial charge in [-0.2, -0.15) is 0 Å². The van der Waals surface area contributed by atoms with Crippen LogP contribution in [0.25, 0.3) is 0 Å². The number of nitrogens with one attached hydrogen (secondary N) is 1. The van der Waals surface area contributed by atoms with Gasteiger partial charge >= 0.3 is 5.97 Å². The quantitative estimate of drug-likeness (QED) is 0.866. The third-order valence-corrected chi connectivity index (χ3v) is 3.20. The molecule has 19 heavy (non-hydrogen) atoms. The summed E-state index contributed by atoms with van der Waals surface area (Å²) in [5, 5.41) is 11.6. The Morgan fingerprint density at radius 3 is 2.79 bits per heavy atom. The van der Waals surface area contributed by atoms with Crippen LogP contribution in [0.4, 0.5) is 0 Å². The number of hydrogen-bond acceptors (Lipinski definition) is 4. The van der Waals surface area contributed by atoms with E-state index in [0.29, 0.717) is 6.61 Å². The summed E-state index contributed by atoms with van der Waals surface area (Å²) in [5.74, 6) is -1.77. The molecule has 6 heteroatoms. The lowest BCUT2D eigenvalue weighted by Crippen LogP contribution is -2.41. The van der Waals surface area contributed by atoms with Crippen molar-refractivity contribution in [2.75, 3.05) is 6.61 Å². The zero-order valence-electron chi connectivity index (χ0n) is 10.7. The highest BCUT2D eigenvalue weighted by Gasteiger charge is 2.24. The lowest BCUT2D eigenvalue weighted by molar-refractivity contribution is 0.000435. The first-order chi connectivity index (χ1) is 9.10. The van der Waals surface area contributed by atoms with Crippen LogP contribution in [0.5, 0.6) is 0 Å². The largest absolute Gasteiger partial charge is 0.475 e. The van der Waals surface area contributed by atoms with Gasteiger partial charge in [0.2, 0.25) is 5.76 Å². The molecule has 1 aromatic heterocycles. The number of carboxylic acid groups (broad SMARTS) is 1. The van der Waals surface area contributed by atoms with Gasteiger partial charge in [0.05, 0.1) is 6.10 Å². The van der Waals surface area contributed by atoms with Gasteiger partial charge in [-0.25, -0.2) is 4.79 Å². The number of carbonyl (C=O) groups excluding carboxylic acids is 1. The lowest BCUT2D eigenvalue weighted by Gasteiger charge is -2.29. The first-order valence-electron chi connectivity index (χ1n) is 6.35. The number of carbonyl (C=O) groups is 2. The van der Waals surface area contributed by atoms with E-state index in [2.05, 4.69) is 5.32 Å². The highest BCUT2D eigenvalue weighted by Crippen LogP contribution is 2.17. The van der Waals surface area contributed by atoms with Crippen LogP contribution in [0.1, 0.15) is 47.3 Å². The number of furan rings is 1. The SMILES string of the molecule is CCC1CC(NC(=O)c2ccc(C(=O)O)o2)CCO1. The average molecular weight is 267 g/mol. The zero-order chi connectivity index (χ0) is 13.8. The van der Waals surface area contributed by atoms with Crippen molar-refractivity contribution in [2.24, 2.45) is 0 Å². The van der Waals surface area contributed by atoms with Crippen LogP contribution >= 0.6 is 0 Å². The van der Waals surface area contributed by atoms with Gasteiger partial charge in [-0.1, -0.05) is 6.92 Å². The third-order valence-electron chi connectivity index (χ3n) is 3.20. The summed E-state index contributed by atoms with van der Waals surface area (Å²) in [4.78, 5) is 22.6. The molecule has 1 aliphatic rings. The summed E-state index contributed by atoms with van der Waals surface area (Å²) >= 11 is 0. The number of ether oxygens (including phenoxy) is 1. The molecule has 0 saturated carbocycles. The molecule has 2 N–H and O–H groups in total. The molecule has 0 aromatic carbocycles. The Labute approximate surface area is 110 Å². The van der Waals surface area contributed by atoms with E-state index in [1.165, 1.54) is 12.1 Å². The maximum atomic E-state index is 11.9. The number of aromatic carboxylic acids is 1. The van der Waals surface area contributed by atoms with Crippen molar-refractivity contribution >= 4 is 11.9 Å². The van der Waals surface area contributed by atoms with E-state index in [1.807, 2.05) is 6.92 Å². The van der Waals surface area contributed by atoms with Crippen molar-refractivity contribution in [1.82, 2.24) is 5.32 Å². The Balaban J connectivity index is 1.94. The summed E-state index contributed by atoms with van der Waals surface area (Å²) in [5.41, 5.74) is 0. The molecule has 2 atom stereocenters. The fraction of sp³-hybridized carbons (Fsp3) is 0.538. The van der Waals surface area contributed by atoms with Crippen molar-refractivity contribution in [1.29, 1.82) is 0 Å². The Bertz CT molecular complexity index is 467. The maximum Gasteiger partial charge on any atom is 0.371 e. The summed E-state index contributed by atoms with van der Waals surface area (Å²) in [6, 6.07) is 2.69. The van der Waals surface area contributed by atoms with E-state index in [9.17, 15) is 9.59 Å². The second kappa shape index (κ2) is 5.88. The molecule has 6 nitrogen and oxygen atoms in total. The van der Waals surface area contributed by atoms with Gasteiger partial charge in [-0.15, -0.1) is 0 Å². The molecule has 1 saturated heterocycles. The van der Waals surface area contributed by atoms with E-state index >= 15 is 0 Å². The van der Waals surface area contributed by atoms with E-state index in [4.69, 9.17) is 14.3 Å². The monoisotopic (exact) mass is 267 g/mol. The van der Waals surface area contributed by atoms with Gasteiger partial charge in [-0.3, -0.25) is 4.79 Å². The van der Waals surface area contributed by atoms with Crippen LogP contribution in [0.15, 0.2) is 16.5 Å². The number of amides is 1. The molecule has 104 valence electrons. The number of carboxylic acids is 1. The molecule has 0 radical (unpaired) electrons. The molecule has 0 spiro atoms. The van der Waals surface area contributed by atoms with Gasteiger partial charge in [-0.05, 0) is 31.4 Å². The number of hydrogen-bond donors (Lipinski definition) is 2. The van der Waals surface area contributed by atoms with E-state index in [-0.39, 0.29) is 29.6 Å². The predicted octanol–water partition coefficient (Wildman–Crippen LogP) is 1.67. The molecule has 0 bridgehead atoms. The summed E-state index contributed by atoms with van der Waals surface area (Å²) < 4.78 is 10.5. The van der Waals surface area contributed by atoms with E-state index < -0.39 is 5.97 Å². The minimum absolute atomic E-state index is 0.0249. The average Bonchev–Trinajstić information content (AvgIpc) is 2.89. The van der Waals surface area contributed by atoms with Gasteiger partial charge in [0.1, 0.15) is 0 Å². The molecule has 1 aliphatic heterocycles. The molecular formula is C13H17NO5. The van der Waals surface area contributed by atoms with Crippen LogP contribution in [-0.4, -0.2) is 35.7 Å². The highest BCUT2D eigenvalue weighted by molar-refractivity contribution is 5.93. The predicted molar refractivity (Wildman–Crippen MR) is 66.2 cm³/mol. The Morgan fingerprint density at radius 2 is 2.16 bits per heavy atom. The van der Waals surface area contributed by atoms with Gasteiger partial charge < -0.3 is 19.6 Å². The maximum absolute atomic E-state index is 11.9. The fourth-order valence-electron chi connectivity index (χ4n) is 2.13. The molecular weight excluding hydrogens is 250 g/mol. The smallest absolute Gasteiger partial charge is 0.371 e. The topological polar surface area (TPSA) is 88.8 Å². The minimum atomic E-state index is -1.18. The van der Waals surface area contributed by atoms with Crippen LogP contribution in [0, 0.1) is 0 Å². The van der Waals surface area contributed by atoms with Crippen molar-refractivity contribution < 1.29 is 23.8 Å². The normalized spacial score (nSPS) is 23.0. The lowest BCUT2D eigenvalue weighted by atomic mass is 10.0. The molecule has 1 aromatic rings. The molecule has 2 heterocycles. The van der Waals surface area contributed by atoms with E-state index in [1.54, 1.807) is 0 Å². The van der Waals surface area contributed by atoms with Gasteiger partial charge in [0.15, 0.2) is 5.76 Å². The Hall–Kier alpha value is -1.82. The highest BCUT2D eigenvalue weighted by atomic mass is 16.5. The first-order valence-corrected chi connectivity index (χ1v) is 6.35. The second-order valence-corrected chi connectivity index (χ2v) is 4.56. The molecule has 1 fully saturated rings. The molecule has 2 unspecified atom stereocenters. The van der Waals surface area contributed by atoms with Crippen LogP contribution in [-0.2, 0) is 4.74 Å². The summed E-state index contributed by atoms with van der Waals surface area (Å²) in [6.07, 6.45) is 2.62. The fourth-order valence-corrected chi connectivity index (χ4v) is 2.13. The van der Waals surface area contributed by atoms with Crippen molar-refractivity contribution in [3.05, 3.63) is 23.7 Å². The van der Waals surface area contributed by atoms with Gasteiger partial charge in [0.25, 0.3) is 5.91 Å². The summed E-state index contributed by atoms with van der Waals surface area (Å²) in [7, 11) is 0. The van der Waals surface area contributed by atoms with Gasteiger partial charge in [0, 0.05) is 12.6 Å².